The standard InChI is InChI=1S/C15H23N5/c1-19-10-13(8-18-19)15-9-17-11-20(15)14(7-16)12-5-3-2-4-6-12/h8-12,14H,2-7,16H2,1H3. The molecule has 2 aromatic rings. The van der Waals surface area contributed by atoms with Crippen LogP contribution < -0.4 is 5.73 Å². The van der Waals surface area contributed by atoms with Gasteiger partial charge in [0, 0.05) is 25.4 Å². The normalized spacial score (nSPS) is 18.3. The molecule has 1 atom stereocenters. The Kier molecular flexibility index (Phi) is 3.87. The number of hydrogen-bond donors (Lipinski definition) is 1. The van der Waals surface area contributed by atoms with Crippen LogP contribution in [0.4, 0.5) is 0 Å². The molecule has 0 aliphatic heterocycles. The number of nitrogens with two attached hydrogens (primary N) is 1. The maximum atomic E-state index is 6.08. The molecule has 2 aromatic heterocycles. The zero-order valence-electron chi connectivity index (χ0n) is 12.1. The summed E-state index contributed by atoms with van der Waals surface area (Å²) in [5.74, 6) is 0.679. The van der Waals surface area contributed by atoms with Crippen LogP contribution in [-0.4, -0.2) is 25.9 Å². The minimum absolute atomic E-state index is 0.355. The predicted octanol–water partition coefficient (Wildman–Crippen LogP) is 2.36. The first-order valence-corrected chi connectivity index (χ1v) is 7.50. The minimum Gasteiger partial charge on any atom is -0.328 e. The molecule has 3 rings (SSSR count). The van der Waals surface area contributed by atoms with E-state index in [1.807, 2.05) is 36.6 Å². The van der Waals surface area contributed by atoms with Crippen LogP contribution in [0.25, 0.3) is 11.3 Å². The molecule has 0 amide bonds. The van der Waals surface area contributed by atoms with E-state index in [1.54, 1.807) is 0 Å². The van der Waals surface area contributed by atoms with Crippen molar-refractivity contribution in [2.45, 2.75) is 38.1 Å². The quantitative estimate of drug-likeness (QED) is 0.930. The van der Waals surface area contributed by atoms with Crippen molar-refractivity contribution in [1.29, 1.82) is 0 Å². The Bertz CT molecular complexity index is 550. The maximum Gasteiger partial charge on any atom is 0.0954 e. The Morgan fingerprint density at radius 1 is 1.30 bits per heavy atom. The van der Waals surface area contributed by atoms with Gasteiger partial charge < -0.3 is 10.3 Å². The molecule has 5 heteroatoms. The molecule has 0 bridgehead atoms. The number of imidazole rings is 1. The molecule has 0 aromatic carbocycles. The van der Waals surface area contributed by atoms with Crippen LogP contribution in [-0.2, 0) is 7.05 Å². The number of hydrogen-bond acceptors (Lipinski definition) is 3. The first-order chi connectivity index (χ1) is 9.79. The van der Waals surface area contributed by atoms with Gasteiger partial charge in [0.2, 0.25) is 0 Å². The summed E-state index contributed by atoms with van der Waals surface area (Å²) in [7, 11) is 1.94. The highest BCUT2D eigenvalue weighted by atomic mass is 15.2. The van der Waals surface area contributed by atoms with Crippen LogP contribution in [0.1, 0.15) is 38.1 Å². The minimum atomic E-state index is 0.355. The Morgan fingerprint density at radius 2 is 2.10 bits per heavy atom. The molecule has 1 aliphatic carbocycles. The van der Waals surface area contributed by atoms with Crippen LogP contribution in [0.15, 0.2) is 24.9 Å². The van der Waals surface area contributed by atoms with Gasteiger partial charge in [-0.05, 0) is 18.8 Å². The first kappa shape index (κ1) is 13.4. The average molecular weight is 273 g/mol. The lowest BCUT2D eigenvalue weighted by atomic mass is 9.83. The predicted molar refractivity (Wildman–Crippen MR) is 79.1 cm³/mol. The van der Waals surface area contributed by atoms with Crippen LogP contribution in [0.2, 0.25) is 0 Å². The van der Waals surface area contributed by atoms with Crippen molar-refractivity contribution in [2.24, 2.45) is 18.7 Å². The summed E-state index contributed by atoms with van der Waals surface area (Å²) in [6, 6.07) is 0.355. The molecular weight excluding hydrogens is 250 g/mol. The van der Waals surface area contributed by atoms with E-state index in [0.29, 0.717) is 18.5 Å². The second-order valence-corrected chi connectivity index (χ2v) is 5.79. The fraction of sp³-hybridized carbons (Fsp3) is 0.600. The van der Waals surface area contributed by atoms with E-state index in [0.717, 1.165) is 11.3 Å². The molecule has 1 fully saturated rings. The van der Waals surface area contributed by atoms with Crippen molar-refractivity contribution in [1.82, 2.24) is 19.3 Å². The second kappa shape index (κ2) is 5.79. The van der Waals surface area contributed by atoms with Crippen molar-refractivity contribution < 1.29 is 0 Å². The monoisotopic (exact) mass is 273 g/mol. The third-order valence-electron chi connectivity index (χ3n) is 4.46. The highest BCUT2D eigenvalue weighted by Gasteiger charge is 2.25. The van der Waals surface area contributed by atoms with Crippen molar-refractivity contribution in [3.05, 3.63) is 24.9 Å². The summed E-state index contributed by atoms with van der Waals surface area (Å²) >= 11 is 0. The van der Waals surface area contributed by atoms with Gasteiger partial charge in [-0.2, -0.15) is 5.10 Å². The lowest BCUT2D eigenvalue weighted by Gasteiger charge is -2.31. The SMILES string of the molecule is Cn1cc(-c2cncn2C(CN)C2CCCCC2)cn1. The maximum absolute atomic E-state index is 6.08. The third-order valence-corrected chi connectivity index (χ3v) is 4.46. The van der Waals surface area contributed by atoms with Crippen LogP contribution in [0.5, 0.6) is 0 Å². The number of rotatable bonds is 4. The van der Waals surface area contributed by atoms with Gasteiger partial charge in [0.05, 0.1) is 30.5 Å². The number of aryl methyl sites for hydroxylation is 1. The molecule has 1 aliphatic rings. The summed E-state index contributed by atoms with van der Waals surface area (Å²) in [6.07, 6.45) is 14.4. The molecule has 0 radical (unpaired) electrons. The summed E-state index contributed by atoms with van der Waals surface area (Å²) in [4.78, 5) is 4.34. The molecule has 1 saturated carbocycles. The summed E-state index contributed by atoms with van der Waals surface area (Å²) in [6.45, 7) is 0.675. The summed E-state index contributed by atoms with van der Waals surface area (Å²) in [5, 5.41) is 4.26. The molecule has 5 nitrogen and oxygen atoms in total. The van der Waals surface area contributed by atoms with Crippen molar-refractivity contribution in [3.63, 3.8) is 0 Å². The molecule has 0 saturated heterocycles. The molecule has 20 heavy (non-hydrogen) atoms. The first-order valence-electron chi connectivity index (χ1n) is 7.50. The van der Waals surface area contributed by atoms with E-state index in [2.05, 4.69) is 14.6 Å². The smallest absolute Gasteiger partial charge is 0.0954 e. The van der Waals surface area contributed by atoms with E-state index in [-0.39, 0.29) is 0 Å². The Hall–Kier alpha value is -1.62. The Labute approximate surface area is 119 Å². The molecule has 2 heterocycles. The lowest BCUT2D eigenvalue weighted by Crippen LogP contribution is -2.28. The third kappa shape index (κ3) is 2.50. The van der Waals surface area contributed by atoms with Gasteiger partial charge in [0.15, 0.2) is 0 Å². The largest absolute Gasteiger partial charge is 0.328 e. The molecule has 108 valence electrons. The molecule has 0 spiro atoms. The highest BCUT2D eigenvalue weighted by molar-refractivity contribution is 5.56. The fourth-order valence-electron chi connectivity index (χ4n) is 3.40. The second-order valence-electron chi connectivity index (χ2n) is 5.79. The zero-order chi connectivity index (χ0) is 13.9. The summed E-state index contributed by atoms with van der Waals surface area (Å²) in [5.41, 5.74) is 8.31. The fourth-order valence-corrected chi connectivity index (χ4v) is 3.40. The van der Waals surface area contributed by atoms with Crippen molar-refractivity contribution in [2.75, 3.05) is 6.54 Å². The topological polar surface area (TPSA) is 61.7 Å². The summed E-state index contributed by atoms with van der Waals surface area (Å²) < 4.78 is 4.08. The number of aromatic nitrogens is 4. The van der Waals surface area contributed by atoms with Gasteiger partial charge >= 0.3 is 0 Å². The van der Waals surface area contributed by atoms with Gasteiger partial charge in [-0.1, -0.05) is 19.3 Å². The molecular formula is C15H23N5. The van der Waals surface area contributed by atoms with Gasteiger partial charge in [-0.3, -0.25) is 4.68 Å². The molecule has 2 N–H and O–H groups in total. The zero-order valence-corrected chi connectivity index (χ0v) is 12.1. The number of nitrogens with zero attached hydrogens (tertiary/aromatic N) is 4. The van der Waals surface area contributed by atoms with Gasteiger partial charge in [-0.25, -0.2) is 4.98 Å². The average Bonchev–Trinajstić information content (AvgIpc) is 3.10. The Balaban J connectivity index is 1.90. The molecule has 1 unspecified atom stereocenters. The van der Waals surface area contributed by atoms with E-state index >= 15 is 0 Å². The van der Waals surface area contributed by atoms with Gasteiger partial charge in [0.1, 0.15) is 0 Å². The van der Waals surface area contributed by atoms with Gasteiger partial charge in [-0.15, -0.1) is 0 Å². The Morgan fingerprint density at radius 3 is 2.75 bits per heavy atom. The van der Waals surface area contributed by atoms with E-state index in [9.17, 15) is 0 Å². The van der Waals surface area contributed by atoms with Gasteiger partial charge in [0.25, 0.3) is 0 Å². The van der Waals surface area contributed by atoms with E-state index in [4.69, 9.17) is 5.73 Å². The van der Waals surface area contributed by atoms with E-state index in [1.165, 1.54) is 32.1 Å². The van der Waals surface area contributed by atoms with Crippen LogP contribution in [0.3, 0.4) is 0 Å². The van der Waals surface area contributed by atoms with Crippen LogP contribution >= 0.6 is 0 Å². The lowest BCUT2D eigenvalue weighted by molar-refractivity contribution is 0.255. The van der Waals surface area contributed by atoms with Crippen LogP contribution in [0, 0.1) is 5.92 Å². The van der Waals surface area contributed by atoms with Crippen molar-refractivity contribution >= 4 is 0 Å². The van der Waals surface area contributed by atoms with Crippen molar-refractivity contribution in [3.8, 4) is 11.3 Å². The van der Waals surface area contributed by atoms with E-state index < -0.39 is 0 Å². The highest BCUT2D eigenvalue weighted by Crippen LogP contribution is 2.34.